The molecule has 0 heterocycles. The first kappa shape index (κ1) is 13.5. The predicted octanol–water partition coefficient (Wildman–Crippen LogP) is 4.93. The zero-order valence-corrected chi connectivity index (χ0v) is 12.6. The third kappa shape index (κ3) is 4.07. The lowest BCUT2D eigenvalue weighted by Gasteiger charge is -2.07. The van der Waals surface area contributed by atoms with Crippen molar-refractivity contribution in [3.05, 3.63) is 58.6 Å². The van der Waals surface area contributed by atoms with Gasteiger partial charge in [-0.3, -0.25) is 0 Å². The molecule has 0 aliphatic heterocycles. The van der Waals surface area contributed by atoms with Crippen LogP contribution >= 0.6 is 27.7 Å². The van der Waals surface area contributed by atoms with Gasteiger partial charge in [0.1, 0.15) is 5.75 Å². The molecule has 0 amide bonds. The Morgan fingerprint density at radius 1 is 1.06 bits per heavy atom. The Balaban J connectivity index is 1.76. The van der Waals surface area contributed by atoms with Crippen LogP contribution in [0.5, 0.6) is 5.75 Å². The first-order valence-electron chi connectivity index (χ1n) is 5.82. The van der Waals surface area contributed by atoms with E-state index in [1.54, 1.807) is 0 Å². The van der Waals surface area contributed by atoms with Crippen molar-refractivity contribution in [1.82, 2.24) is 0 Å². The Kier molecular flexibility index (Phi) is 5.14. The quantitative estimate of drug-likeness (QED) is 0.570. The summed E-state index contributed by atoms with van der Waals surface area (Å²) in [6, 6.07) is 16.4. The molecule has 94 valence electrons. The van der Waals surface area contributed by atoms with Crippen LogP contribution in [0.3, 0.4) is 0 Å². The predicted molar refractivity (Wildman–Crippen MR) is 81.5 cm³/mol. The molecule has 0 N–H and O–H groups in total. The molecule has 1 nitrogen and oxygen atoms in total. The van der Waals surface area contributed by atoms with E-state index in [-0.39, 0.29) is 0 Å². The number of thioether (sulfide) groups is 1. The second kappa shape index (κ2) is 6.86. The normalized spacial score (nSPS) is 10.3. The summed E-state index contributed by atoms with van der Waals surface area (Å²) in [6.07, 6.45) is 0. The van der Waals surface area contributed by atoms with E-state index in [1.807, 2.05) is 36.0 Å². The summed E-state index contributed by atoms with van der Waals surface area (Å²) in [5.41, 5.74) is 1.33. The van der Waals surface area contributed by atoms with E-state index in [1.165, 1.54) is 10.5 Å². The molecule has 3 heteroatoms. The van der Waals surface area contributed by atoms with Crippen molar-refractivity contribution in [3.8, 4) is 5.75 Å². The molecule has 0 radical (unpaired) electrons. The highest BCUT2D eigenvalue weighted by molar-refractivity contribution is 9.10. The molecule has 0 bridgehead atoms. The summed E-state index contributed by atoms with van der Waals surface area (Å²) >= 11 is 5.24. The van der Waals surface area contributed by atoms with Gasteiger partial charge < -0.3 is 4.74 Å². The summed E-state index contributed by atoms with van der Waals surface area (Å²) in [5, 5.41) is 0. The zero-order chi connectivity index (χ0) is 12.8. The van der Waals surface area contributed by atoms with E-state index in [0.717, 1.165) is 22.6 Å². The van der Waals surface area contributed by atoms with Gasteiger partial charge in [0.25, 0.3) is 0 Å². The van der Waals surface area contributed by atoms with Crippen LogP contribution in [-0.4, -0.2) is 12.4 Å². The molecule has 2 aromatic rings. The van der Waals surface area contributed by atoms with Gasteiger partial charge in [-0.15, -0.1) is 11.8 Å². The standard InChI is InChI=1S/C15H15BrOS/c1-12-4-2-3-5-15(12)18-11-10-17-14-8-6-13(16)7-9-14/h2-9H,10-11H2,1H3. The molecule has 0 atom stereocenters. The van der Waals surface area contributed by atoms with Gasteiger partial charge in [0.2, 0.25) is 0 Å². The lowest BCUT2D eigenvalue weighted by molar-refractivity contribution is 0.344. The highest BCUT2D eigenvalue weighted by atomic mass is 79.9. The SMILES string of the molecule is Cc1ccccc1SCCOc1ccc(Br)cc1. The molecule has 0 spiro atoms. The van der Waals surface area contributed by atoms with Gasteiger partial charge in [-0.1, -0.05) is 34.1 Å². The third-order valence-electron chi connectivity index (χ3n) is 2.52. The number of halogens is 1. The fraction of sp³-hybridized carbons (Fsp3) is 0.200. The summed E-state index contributed by atoms with van der Waals surface area (Å²) < 4.78 is 6.75. The van der Waals surface area contributed by atoms with Crippen molar-refractivity contribution in [1.29, 1.82) is 0 Å². The minimum atomic E-state index is 0.723. The molecule has 0 aliphatic carbocycles. The Labute approximate surface area is 121 Å². The van der Waals surface area contributed by atoms with E-state index >= 15 is 0 Å². The van der Waals surface area contributed by atoms with Crippen molar-refractivity contribution in [3.63, 3.8) is 0 Å². The molecule has 0 aromatic heterocycles. The number of rotatable bonds is 5. The maximum atomic E-state index is 5.68. The van der Waals surface area contributed by atoms with Crippen LogP contribution in [0, 0.1) is 6.92 Å². The largest absolute Gasteiger partial charge is 0.493 e. The molecule has 0 fully saturated rings. The Morgan fingerprint density at radius 3 is 2.50 bits per heavy atom. The molecule has 0 saturated heterocycles. The average molecular weight is 323 g/mol. The van der Waals surface area contributed by atoms with Crippen LogP contribution in [0.15, 0.2) is 57.9 Å². The number of hydrogen-bond acceptors (Lipinski definition) is 2. The van der Waals surface area contributed by atoms with Crippen molar-refractivity contribution in [2.45, 2.75) is 11.8 Å². The van der Waals surface area contributed by atoms with Crippen LogP contribution in [0.4, 0.5) is 0 Å². The molecule has 2 rings (SSSR count). The van der Waals surface area contributed by atoms with E-state index in [2.05, 4.69) is 47.1 Å². The lowest BCUT2D eigenvalue weighted by Crippen LogP contribution is -2.00. The lowest BCUT2D eigenvalue weighted by atomic mass is 10.2. The van der Waals surface area contributed by atoms with E-state index < -0.39 is 0 Å². The van der Waals surface area contributed by atoms with Crippen LogP contribution < -0.4 is 4.74 Å². The van der Waals surface area contributed by atoms with Gasteiger partial charge in [-0.25, -0.2) is 0 Å². The van der Waals surface area contributed by atoms with Gasteiger partial charge in [0.05, 0.1) is 6.61 Å². The van der Waals surface area contributed by atoms with Gasteiger partial charge in [-0.2, -0.15) is 0 Å². The van der Waals surface area contributed by atoms with E-state index in [9.17, 15) is 0 Å². The van der Waals surface area contributed by atoms with Crippen molar-refractivity contribution < 1.29 is 4.74 Å². The summed E-state index contributed by atoms with van der Waals surface area (Å²) in [7, 11) is 0. The van der Waals surface area contributed by atoms with E-state index in [4.69, 9.17) is 4.74 Å². The van der Waals surface area contributed by atoms with Crippen LogP contribution in [0.25, 0.3) is 0 Å². The van der Waals surface area contributed by atoms with Crippen molar-refractivity contribution >= 4 is 27.7 Å². The fourth-order valence-electron chi connectivity index (χ4n) is 1.56. The number of benzene rings is 2. The molecule has 0 unspecified atom stereocenters. The Hall–Kier alpha value is -0.930. The van der Waals surface area contributed by atoms with Crippen molar-refractivity contribution in [2.75, 3.05) is 12.4 Å². The maximum absolute atomic E-state index is 5.68. The Morgan fingerprint density at radius 2 is 1.78 bits per heavy atom. The third-order valence-corrected chi connectivity index (χ3v) is 4.19. The molecule has 0 aliphatic rings. The minimum absolute atomic E-state index is 0.723. The fourth-order valence-corrected chi connectivity index (χ4v) is 2.68. The van der Waals surface area contributed by atoms with Crippen LogP contribution in [0.2, 0.25) is 0 Å². The van der Waals surface area contributed by atoms with Gasteiger partial charge in [0, 0.05) is 15.1 Å². The highest BCUT2D eigenvalue weighted by Crippen LogP contribution is 2.22. The van der Waals surface area contributed by atoms with Crippen LogP contribution in [0.1, 0.15) is 5.56 Å². The molecule has 2 aromatic carbocycles. The van der Waals surface area contributed by atoms with Crippen molar-refractivity contribution in [2.24, 2.45) is 0 Å². The number of hydrogen-bond donors (Lipinski definition) is 0. The molecular weight excluding hydrogens is 308 g/mol. The smallest absolute Gasteiger partial charge is 0.119 e. The zero-order valence-electron chi connectivity index (χ0n) is 10.2. The number of ether oxygens (including phenoxy) is 1. The summed E-state index contributed by atoms with van der Waals surface area (Å²) in [4.78, 5) is 1.33. The van der Waals surface area contributed by atoms with Gasteiger partial charge in [0.15, 0.2) is 0 Å². The Bertz CT molecular complexity index is 496. The topological polar surface area (TPSA) is 9.23 Å². The second-order valence-corrected chi connectivity index (χ2v) is 5.97. The number of aryl methyl sites for hydroxylation is 1. The maximum Gasteiger partial charge on any atom is 0.119 e. The molecule has 0 saturated carbocycles. The summed E-state index contributed by atoms with van der Waals surface area (Å²) in [5.74, 6) is 1.88. The molecule has 18 heavy (non-hydrogen) atoms. The molecular formula is C15H15BrOS. The van der Waals surface area contributed by atoms with Gasteiger partial charge in [-0.05, 0) is 42.8 Å². The first-order valence-corrected chi connectivity index (χ1v) is 7.60. The van der Waals surface area contributed by atoms with E-state index in [0.29, 0.717) is 0 Å². The second-order valence-electron chi connectivity index (χ2n) is 3.92. The average Bonchev–Trinajstić information content (AvgIpc) is 2.39. The van der Waals surface area contributed by atoms with Gasteiger partial charge >= 0.3 is 0 Å². The minimum Gasteiger partial charge on any atom is -0.493 e. The summed E-state index contributed by atoms with van der Waals surface area (Å²) in [6.45, 7) is 2.86. The highest BCUT2D eigenvalue weighted by Gasteiger charge is 1.98. The van der Waals surface area contributed by atoms with Crippen LogP contribution in [-0.2, 0) is 0 Å². The monoisotopic (exact) mass is 322 g/mol. The first-order chi connectivity index (χ1) is 8.75.